The number of rotatable bonds is 7. The zero-order valence-corrected chi connectivity index (χ0v) is 19.9. The number of nitrogens with one attached hydrogen (secondary N) is 2. The lowest BCUT2D eigenvalue weighted by molar-refractivity contribution is -0.117. The maximum atomic E-state index is 15.0. The van der Waals surface area contributed by atoms with Crippen molar-refractivity contribution in [3.63, 3.8) is 0 Å². The standard InChI is InChI=1S/C24H25FN6O3S/c1-35-20-14-27-22(30-23(20)31-8-10-34-11-9-31)18-7-6-17(13-19(18)25)29-24(33)28-16-4-2-15(3-5-16)12-21(26)32/h2-7,13-14H,8-12H2,1H3,(H2,26,32)(H2,28,29,33). The van der Waals surface area contributed by atoms with Crippen LogP contribution in [0.4, 0.5) is 26.4 Å². The van der Waals surface area contributed by atoms with Gasteiger partial charge in [-0.1, -0.05) is 12.1 Å². The summed E-state index contributed by atoms with van der Waals surface area (Å²) < 4.78 is 20.4. The minimum Gasteiger partial charge on any atom is -0.378 e. The van der Waals surface area contributed by atoms with Crippen LogP contribution in [0.5, 0.6) is 0 Å². The van der Waals surface area contributed by atoms with Crippen LogP contribution in [-0.2, 0) is 16.0 Å². The number of nitrogens with two attached hydrogens (primary N) is 1. The second-order valence-electron chi connectivity index (χ2n) is 7.80. The highest BCUT2D eigenvalue weighted by Crippen LogP contribution is 2.30. The molecule has 2 aromatic carbocycles. The molecule has 0 bridgehead atoms. The van der Waals surface area contributed by atoms with E-state index in [0.29, 0.717) is 32.0 Å². The number of urea groups is 1. The number of ether oxygens (including phenoxy) is 1. The summed E-state index contributed by atoms with van der Waals surface area (Å²) in [6, 6.07) is 10.5. The predicted molar refractivity (Wildman–Crippen MR) is 134 cm³/mol. The summed E-state index contributed by atoms with van der Waals surface area (Å²) in [5.41, 5.74) is 6.96. The number of primary amides is 1. The number of amides is 3. The molecule has 9 nitrogen and oxygen atoms in total. The summed E-state index contributed by atoms with van der Waals surface area (Å²) in [7, 11) is 0. The Morgan fingerprint density at radius 3 is 2.46 bits per heavy atom. The van der Waals surface area contributed by atoms with E-state index in [0.717, 1.165) is 16.3 Å². The van der Waals surface area contributed by atoms with Crippen LogP contribution < -0.4 is 21.3 Å². The van der Waals surface area contributed by atoms with E-state index in [2.05, 4.69) is 25.5 Å². The molecule has 0 spiro atoms. The van der Waals surface area contributed by atoms with Crippen molar-refractivity contribution in [1.29, 1.82) is 0 Å². The molecule has 3 amide bonds. The van der Waals surface area contributed by atoms with Gasteiger partial charge in [0.1, 0.15) is 11.6 Å². The largest absolute Gasteiger partial charge is 0.378 e. The molecule has 0 aliphatic carbocycles. The first-order chi connectivity index (χ1) is 16.9. The van der Waals surface area contributed by atoms with Gasteiger partial charge >= 0.3 is 6.03 Å². The van der Waals surface area contributed by atoms with Gasteiger partial charge in [-0.05, 0) is 42.2 Å². The van der Waals surface area contributed by atoms with E-state index in [1.807, 2.05) is 6.26 Å². The molecule has 35 heavy (non-hydrogen) atoms. The Balaban J connectivity index is 1.45. The normalized spacial score (nSPS) is 13.4. The van der Waals surface area contributed by atoms with E-state index in [1.165, 1.54) is 17.8 Å². The summed E-state index contributed by atoms with van der Waals surface area (Å²) in [6.45, 7) is 2.64. The highest BCUT2D eigenvalue weighted by molar-refractivity contribution is 7.98. The Bertz CT molecular complexity index is 1220. The van der Waals surface area contributed by atoms with Crippen LogP contribution >= 0.6 is 11.8 Å². The van der Waals surface area contributed by atoms with Gasteiger partial charge in [-0.15, -0.1) is 11.8 Å². The van der Waals surface area contributed by atoms with Crippen molar-refractivity contribution in [2.45, 2.75) is 11.3 Å². The van der Waals surface area contributed by atoms with E-state index >= 15 is 0 Å². The molecule has 1 saturated heterocycles. The van der Waals surface area contributed by atoms with E-state index in [9.17, 15) is 14.0 Å². The zero-order valence-electron chi connectivity index (χ0n) is 19.1. The van der Waals surface area contributed by atoms with Crippen molar-refractivity contribution in [3.8, 4) is 11.4 Å². The summed E-state index contributed by atoms with van der Waals surface area (Å²) in [4.78, 5) is 35.3. The number of carbonyl (C=O) groups excluding carboxylic acids is 2. The molecule has 0 unspecified atom stereocenters. The van der Waals surface area contributed by atoms with E-state index in [1.54, 1.807) is 42.6 Å². The second kappa shape index (κ2) is 11.2. The first-order valence-electron chi connectivity index (χ1n) is 10.9. The Kier molecular flexibility index (Phi) is 7.78. The molecule has 0 saturated carbocycles. The van der Waals surface area contributed by atoms with Crippen molar-refractivity contribution in [3.05, 3.63) is 60.0 Å². The number of morpholine rings is 1. The average Bonchev–Trinajstić information content (AvgIpc) is 2.85. The molecule has 0 atom stereocenters. The van der Waals surface area contributed by atoms with Crippen molar-refractivity contribution in [2.75, 3.05) is 48.1 Å². The summed E-state index contributed by atoms with van der Waals surface area (Å²) in [5, 5.41) is 5.27. The molecule has 11 heteroatoms. The van der Waals surface area contributed by atoms with Crippen molar-refractivity contribution in [1.82, 2.24) is 9.97 Å². The number of aromatic nitrogens is 2. The molecular formula is C24H25FN6O3S. The van der Waals surface area contributed by atoms with Gasteiger partial charge in [0.15, 0.2) is 5.82 Å². The Hall–Kier alpha value is -3.70. The molecule has 1 aliphatic rings. The monoisotopic (exact) mass is 496 g/mol. The fourth-order valence-electron chi connectivity index (χ4n) is 3.61. The minimum atomic E-state index is -0.552. The highest BCUT2D eigenvalue weighted by atomic mass is 32.2. The topological polar surface area (TPSA) is 122 Å². The van der Waals surface area contributed by atoms with Gasteiger partial charge in [-0.2, -0.15) is 0 Å². The third kappa shape index (κ3) is 6.25. The number of thioether (sulfide) groups is 1. The third-order valence-electron chi connectivity index (χ3n) is 5.32. The first-order valence-corrected chi connectivity index (χ1v) is 12.1. The number of hydrogen-bond acceptors (Lipinski definition) is 7. The molecule has 1 aromatic heterocycles. The summed E-state index contributed by atoms with van der Waals surface area (Å²) >= 11 is 1.53. The van der Waals surface area contributed by atoms with Gasteiger partial charge in [0, 0.05) is 30.7 Å². The number of halogens is 1. The molecule has 1 aliphatic heterocycles. The van der Waals surface area contributed by atoms with Crippen LogP contribution in [0.25, 0.3) is 11.4 Å². The Morgan fingerprint density at radius 2 is 1.80 bits per heavy atom. The number of carbonyl (C=O) groups is 2. The fourth-order valence-corrected chi connectivity index (χ4v) is 4.13. The van der Waals surface area contributed by atoms with Gasteiger partial charge < -0.3 is 26.0 Å². The van der Waals surface area contributed by atoms with Crippen LogP contribution in [0.2, 0.25) is 0 Å². The van der Waals surface area contributed by atoms with E-state index < -0.39 is 17.8 Å². The smallest absolute Gasteiger partial charge is 0.323 e. The Morgan fingerprint density at radius 1 is 1.11 bits per heavy atom. The molecule has 4 N–H and O–H groups in total. The second-order valence-corrected chi connectivity index (χ2v) is 8.65. The number of anilines is 3. The Labute approximate surface area is 206 Å². The molecular weight excluding hydrogens is 471 g/mol. The molecule has 0 radical (unpaired) electrons. The molecule has 4 rings (SSSR count). The zero-order chi connectivity index (χ0) is 24.8. The maximum absolute atomic E-state index is 15.0. The summed E-state index contributed by atoms with van der Waals surface area (Å²) in [6.07, 6.45) is 3.77. The summed E-state index contributed by atoms with van der Waals surface area (Å²) in [5.74, 6) is 0.0442. The SMILES string of the molecule is CSc1cnc(-c2ccc(NC(=O)Nc3ccc(CC(N)=O)cc3)cc2F)nc1N1CCOCC1. The lowest BCUT2D eigenvalue weighted by atomic mass is 10.1. The predicted octanol–water partition coefficient (Wildman–Crippen LogP) is 3.51. The maximum Gasteiger partial charge on any atom is 0.323 e. The number of hydrogen-bond donors (Lipinski definition) is 3. The molecule has 1 fully saturated rings. The van der Waals surface area contributed by atoms with E-state index in [-0.39, 0.29) is 23.5 Å². The molecule has 182 valence electrons. The van der Waals surface area contributed by atoms with Crippen molar-refractivity contribution < 1.29 is 18.7 Å². The van der Waals surface area contributed by atoms with Crippen LogP contribution in [0.1, 0.15) is 5.56 Å². The fraction of sp³-hybridized carbons (Fsp3) is 0.250. The van der Waals surface area contributed by atoms with Gasteiger partial charge in [0.25, 0.3) is 0 Å². The van der Waals surface area contributed by atoms with Crippen LogP contribution in [0.3, 0.4) is 0 Å². The van der Waals surface area contributed by atoms with Crippen LogP contribution in [0.15, 0.2) is 53.6 Å². The van der Waals surface area contributed by atoms with Crippen molar-refractivity contribution >= 4 is 40.9 Å². The van der Waals surface area contributed by atoms with Gasteiger partial charge in [-0.25, -0.2) is 19.2 Å². The molecule has 2 heterocycles. The first kappa shape index (κ1) is 24.4. The van der Waals surface area contributed by atoms with Crippen LogP contribution in [-0.4, -0.2) is 54.5 Å². The number of benzene rings is 2. The highest BCUT2D eigenvalue weighted by Gasteiger charge is 2.19. The van der Waals surface area contributed by atoms with Gasteiger partial charge in [0.2, 0.25) is 5.91 Å². The van der Waals surface area contributed by atoms with Gasteiger partial charge in [0.05, 0.1) is 30.1 Å². The lowest BCUT2D eigenvalue weighted by Crippen LogP contribution is -2.37. The lowest BCUT2D eigenvalue weighted by Gasteiger charge is -2.29. The molecule has 3 aromatic rings. The average molecular weight is 497 g/mol. The minimum absolute atomic E-state index is 0.121. The third-order valence-corrected chi connectivity index (χ3v) is 6.05. The van der Waals surface area contributed by atoms with Gasteiger partial charge in [-0.3, -0.25) is 4.79 Å². The van der Waals surface area contributed by atoms with Crippen molar-refractivity contribution in [2.24, 2.45) is 5.73 Å². The quantitative estimate of drug-likeness (QED) is 0.428. The van der Waals surface area contributed by atoms with Crippen LogP contribution in [0, 0.1) is 5.82 Å². The number of nitrogens with zero attached hydrogens (tertiary/aromatic N) is 3. The van der Waals surface area contributed by atoms with E-state index in [4.69, 9.17) is 10.5 Å².